The van der Waals surface area contributed by atoms with E-state index in [4.69, 9.17) is 0 Å². The fourth-order valence-electron chi connectivity index (χ4n) is 1.34. The maximum Gasteiger partial charge on any atom is 0.258 e. The maximum absolute atomic E-state index is 12.2. The van der Waals surface area contributed by atoms with Gasteiger partial charge in [0.05, 0.1) is 0 Å². The normalized spacial score (nSPS) is 11.2. The lowest BCUT2D eigenvalue weighted by molar-refractivity contribution is 0.122. The summed E-state index contributed by atoms with van der Waals surface area (Å²) in [7, 11) is 0. The lowest BCUT2D eigenvalue weighted by Crippen LogP contribution is -2.09. The Labute approximate surface area is 89.7 Å². The van der Waals surface area contributed by atoms with Gasteiger partial charge in [0.1, 0.15) is 12.9 Å². The molecule has 0 amide bonds. The van der Waals surface area contributed by atoms with Crippen LogP contribution in [0, 0.1) is 0 Å². The van der Waals surface area contributed by atoms with Crippen LogP contribution >= 0.6 is 0 Å². The van der Waals surface area contributed by atoms with Crippen LogP contribution in [0.3, 0.4) is 0 Å². The first-order valence-corrected chi connectivity index (χ1v) is 4.78. The molecule has 0 aliphatic carbocycles. The zero-order valence-corrected chi connectivity index (χ0v) is 8.56. The fraction of sp³-hybridized carbons (Fsp3) is 0.500. The van der Waals surface area contributed by atoms with Gasteiger partial charge in [-0.1, -0.05) is 5.21 Å². The molecule has 0 atom stereocenters. The van der Waals surface area contributed by atoms with Crippen LogP contribution in [0.5, 0.6) is 0 Å². The van der Waals surface area contributed by atoms with Crippen LogP contribution in [-0.4, -0.2) is 37.9 Å². The Bertz CT molecular complexity index is 482. The molecular weight excluding hydrogens is 218 g/mol. The average Bonchev–Trinajstić information content (AvgIpc) is 2.63. The molecule has 0 aliphatic rings. The van der Waals surface area contributed by atoms with Crippen molar-refractivity contribution in [1.29, 1.82) is 0 Å². The number of halogens is 2. The molecule has 0 spiro atoms. The average molecular weight is 228 g/mol. The zero-order chi connectivity index (χ0) is 11.5. The SMILES string of the molecule is CCNc1ncnc2c1nnn2CC(F)F. The number of anilines is 1. The number of rotatable bonds is 4. The highest BCUT2D eigenvalue weighted by atomic mass is 19.3. The Hall–Kier alpha value is -1.86. The fourth-order valence-corrected chi connectivity index (χ4v) is 1.34. The van der Waals surface area contributed by atoms with Crippen molar-refractivity contribution in [3.05, 3.63) is 6.33 Å². The maximum atomic E-state index is 12.2. The molecule has 6 nitrogen and oxygen atoms in total. The van der Waals surface area contributed by atoms with E-state index in [0.717, 1.165) is 4.68 Å². The van der Waals surface area contributed by atoms with Gasteiger partial charge in [0, 0.05) is 6.54 Å². The van der Waals surface area contributed by atoms with Gasteiger partial charge < -0.3 is 5.32 Å². The quantitative estimate of drug-likeness (QED) is 0.842. The van der Waals surface area contributed by atoms with Crippen LogP contribution in [-0.2, 0) is 6.54 Å². The summed E-state index contributed by atoms with van der Waals surface area (Å²) in [6.07, 6.45) is -1.19. The minimum Gasteiger partial charge on any atom is -0.368 e. The summed E-state index contributed by atoms with van der Waals surface area (Å²) < 4.78 is 25.5. The zero-order valence-electron chi connectivity index (χ0n) is 8.56. The third-order valence-electron chi connectivity index (χ3n) is 1.96. The molecule has 2 heterocycles. The molecule has 16 heavy (non-hydrogen) atoms. The number of nitrogens with zero attached hydrogens (tertiary/aromatic N) is 5. The van der Waals surface area contributed by atoms with Crippen molar-refractivity contribution in [2.75, 3.05) is 11.9 Å². The number of nitrogens with one attached hydrogen (secondary N) is 1. The van der Waals surface area contributed by atoms with Crippen molar-refractivity contribution in [2.24, 2.45) is 0 Å². The molecule has 0 radical (unpaired) electrons. The highest BCUT2D eigenvalue weighted by molar-refractivity contribution is 5.81. The highest BCUT2D eigenvalue weighted by Gasteiger charge is 2.13. The van der Waals surface area contributed by atoms with Crippen LogP contribution < -0.4 is 5.32 Å². The molecular formula is C8H10F2N6. The Morgan fingerprint density at radius 2 is 2.25 bits per heavy atom. The van der Waals surface area contributed by atoms with Gasteiger partial charge in [-0.2, -0.15) is 0 Å². The van der Waals surface area contributed by atoms with Crippen LogP contribution in [0.1, 0.15) is 6.92 Å². The molecule has 0 saturated carbocycles. The molecule has 2 aromatic heterocycles. The summed E-state index contributed by atoms with van der Waals surface area (Å²) in [6.45, 7) is 2.05. The van der Waals surface area contributed by atoms with E-state index in [-0.39, 0.29) is 0 Å². The van der Waals surface area contributed by atoms with Gasteiger partial charge in [0.2, 0.25) is 0 Å². The minimum absolute atomic E-state index is 0.311. The number of alkyl halides is 2. The minimum atomic E-state index is -2.48. The molecule has 2 rings (SSSR count). The summed E-state index contributed by atoms with van der Waals surface area (Å²) in [5.41, 5.74) is 0.719. The summed E-state index contributed by atoms with van der Waals surface area (Å²) in [4.78, 5) is 7.85. The van der Waals surface area contributed by atoms with Crippen LogP contribution in [0.25, 0.3) is 11.2 Å². The highest BCUT2D eigenvalue weighted by Crippen LogP contribution is 2.16. The third-order valence-corrected chi connectivity index (χ3v) is 1.96. The lowest BCUT2D eigenvalue weighted by atomic mass is 10.4. The van der Waals surface area contributed by atoms with E-state index in [0.29, 0.717) is 23.5 Å². The topological polar surface area (TPSA) is 68.5 Å². The molecule has 0 bridgehead atoms. The predicted octanol–water partition coefficient (Wildman–Crippen LogP) is 0.918. The van der Waals surface area contributed by atoms with E-state index in [1.807, 2.05) is 6.92 Å². The van der Waals surface area contributed by atoms with Crippen molar-refractivity contribution < 1.29 is 8.78 Å². The number of hydrogen-bond donors (Lipinski definition) is 1. The first-order chi connectivity index (χ1) is 7.72. The van der Waals surface area contributed by atoms with Crippen LogP contribution in [0.4, 0.5) is 14.6 Å². The first kappa shape index (κ1) is 10.7. The number of aromatic nitrogens is 5. The van der Waals surface area contributed by atoms with Gasteiger partial charge in [-0.05, 0) is 6.92 Å². The second kappa shape index (κ2) is 4.33. The number of hydrogen-bond acceptors (Lipinski definition) is 5. The van der Waals surface area contributed by atoms with Gasteiger partial charge in [0.25, 0.3) is 6.43 Å². The lowest BCUT2D eigenvalue weighted by Gasteiger charge is -2.02. The standard InChI is InChI=1S/C8H10F2N6/c1-2-11-7-6-8(13-4-12-7)16(15-14-6)3-5(9)10/h4-5H,2-3H2,1H3,(H,11,12,13). The Kier molecular flexibility index (Phi) is 2.88. The van der Waals surface area contributed by atoms with Gasteiger partial charge >= 0.3 is 0 Å². The second-order valence-corrected chi connectivity index (χ2v) is 3.09. The van der Waals surface area contributed by atoms with Crippen molar-refractivity contribution in [3.63, 3.8) is 0 Å². The van der Waals surface area contributed by atoms with Gasteiger partial charge in [-0.25, -0.2) is 23.4 Å². The smallest absolute Gasteiger partial charge is 0.258 e. The monoisotopic (exact) mass is 228 g/mol. The molecule has 0 fully saturated rings. The van der Waals surface area contributed by atoms with E-state index in [1.165, 1.54) is 6.33 Å². The molecule has 0 aromatic carbocycles. The van der Waals surface area contributed by atoms with Crippen molar-refractivity contribution in [2.45, 2.75) is 19.9 Å². The molecule has 0 aliphatic heterocycles. The van der Waals surface area contributed by atoms with Crippen molar-refractivity contribution in [3.8, 4) is 0 Å². The molecule has 8 heteroatoms. The van der Waals surface area contributed by atoms with Gasteiger partial charge in [-0.15, -0.1) is 5.10 Å². The summed E-state index contributed by atoms with van der Waals surface area (Å²) in [6, 6.07) is 0. The Morgan fingerprint density at radius 1 is 1.44 bits per heavy atom. The molecule has 0 unspecified atom stereocenters. The van der Waals surface area contributed by atoms with E-state index < -0.39 is 13.0 Å². The molecule has 86 valence electrons. The molecule has 0 saturated heterocycles. The largest absolute Gasteiger partial charge is 0.368 e. The van der Waals surface area contributed by atoms with E-state index in [9.17, 15) is 8.78 Å². The van der Waals surface area contributed by atoms with Crippen molar-refractivity contribution >= 4 is 17.0 Å². The van der Waals surface area contributed by atoms with Crippen LogP contribution in [0.2, 0.25) is 0 Å². The Balaban J connectivity index is 2.44. The third kappa shape index (κ3) is 1.90. The van der Waals surface area contributed by atoms with Gasteiger partial charge in [0.15, 0.2) is 17.0 Å². The predicted molar refractivity (Wildman–Crippen MR) is 53.3 cm³/mol. The Morgan fingerprint density at radius 3 is 2.94 bits per heavy atom. The van der Waals surface area contributed by atoms with E-state index in [1.54, 1.807) is 0 Å². The molecule has 1 N–H and O–H groups in total. The van der Waals surface area contributed by atoms with E-state index in [2.05, 4.69) is 25.6 Å². The number of fused-ring (bicyclic) bond motifs is 1. The second-order valence-electron chi connectivity index (χ2n) is 3.09. The van der Waals surface area contributed by atoms with Crippen LogP contribution in [0.15, 0.2) is 6.33 Å². The molecule has 2 aromatic rings. The summed E-state index contributed by atoms with van der Waals surface area (Å²) in [5, 5.41) is 10.4. The summed E-state index contributed by atoms with van der Waals surface area (Å²) in [5.74, 6) is 0.507. The summed E-state index contributed by atoms with van der Waals surface area (Å²) >= 11 is 0. The first-order valence-electron chi connectivity index (χ1n) is 4.78. The van der Waals surface area contributed by atoms with E-state index >= 15 is 0 Å². The van der Waals surface area contributed by atoms with Gasteiger partial charge in [-0.3, -0.25) is 0 Å². The van der Waals surface area contributed by atoms with Crippen molar-refractivity contribution in [1.82, 2.24) is 25.0 Å².